The lowest BCUT2D eigenvalue weighted by molar-refractivity contribution is 0.598. The minimum Gasteiger partial charge on any atom is -0.248 e. The molecule has 0 N–H and O–H groups in total. The average molecular weight is 714 g/mol. The topological polar surface area (TPSA) is 12.9 Å². The molecule has 0 fully saturated rings. The zero-order valence-electron chi connectivity index (χ0n) is 31.1. The van der Waals surface area contributed by atoms with Gasteiger partial charge in [0.2, 0.25) is 0 Å². The Morgan fingerprint density at radius 2 is 0.929 bits per heavy atom. The Kier molecular flexibility index (Phi) is 7.50. The SMILES string of the molecule is C1=CCCC(C2(c3ccc(-c4cc(-c5ccccc5)nc(-c5ccccc5)c4)cc3)c3ccccc3C3(c4ccccc4)c4ccccc4-c4cccc2c43)=C1. The fraction of sp³-hybridized carbons (Fsp3) is 0.0727. The van der Waals surface area contributed by atoms with Gasteiger partial charge in [-0.3, -0.25) is 0 Å². The normalized spacial score (nSPS) is 18.8. The number of aromatic nitrogens is 1. The summed E-state index contributed by atoms with van der Waals surface area (Å²) >= 11 is 0. The maximum atomic E-state index is 5.17. The fourth-order valence-electron chi connectivity index (χ4n) is 10.3. The van der Waals surface area contributed by atoms with Crippen molar-refractivity contribution in [1.82, 2.24) is 4.98 Å². The lowest BCUT2D eigenvalue weighted by Crippen LogP contribution is -2.44. The van der Waals surface area contributed by atoms with E-state index in [0.29, 0.717) is 0 Å². The Balaban J connectivity index is 1.17. The predicted molar refractivity (Wildman–Crippen MR) is 231 cm³/mol. The lowest BCUT2D eigenvalue weighted by atomic mass is 9.51. The third-order valence-electron chi connectivity index (χ3n) is 12.5. The Morgan fingerprint density at radius 3 is 1.57 bits per heavy atom. The van der Waals surface area contributed by atoms with E-state index in [9.17, 15) is 0 Å². The smallest absolute Gasteiger partial charge is 0.0720 e. The summed E-state index contributed by atoms with van der Waals surface area (Å²) in [6.45, 7) is 0. The lowest BCUT2D eigenvalue weighted by Gasteiger charge is -2.50. The Labute approximate surface area is 329 Å². The fourth-order valence-corrected chi connectivity index (χ4v) is 10.3. The molecule has 0 radical (unpaired) electrons. The Bertz CT molecular complexity index is 2770. The van der Waals surface area contributed by atoms with Gasteiger partial charge in [-0.1, -0.05) is 206 Å². The molecule has 2 atom stereocenters. The second-order valence-electron chi connectivity index (χ2n) is 15.3. The van der Waals surface area contributed by atoms with Gasteiger partial charge >= 0.3 is 0 Å². The number of rotatable bonds is 6. The third kappa shape index (κ3) is 4.64. The Morgan fingerprint density at radius 1 is 0.393 bits per heavy atom. The monoisotopic (exact) mass is 713 g/mol. The van der Waals surface area contributed by atoms with Crippen molar-refractivity contribution in [3.8, 4) is 44.8 Å². The molecule has 11 rings (SSSR count). The van der Waals surface area contributed by atoms with Crippen LogP contribution in [0.25, 0.3) is 44.8 Å². The molecule has 0 spiro atoms. The largest absolute Gasteiger partial charge is 0.248 e. The second kappa shape index (κ2) is 12.9. The van der Waals surface area contributed by atoms with Crippen molar-refractivity contribution in [1.29, 1.82) is 0 Å². The molecular weight excluding hydrogens is 675 g/mol. The van der Waals surface area contributed by atoms with Crippen LogP contribution < -0.4 is 0 Å². The van der Waals surface area contributed by atoms with E-state index in [0.717, 1.165) is 40.9 Å². The van der Waals surface area contributed by atoms with Gasteiger partial charge in [0.15, 0.2) is 0 Å². The molecular formula is C55H39N. The molecule has 0 saturated carbocycles. The molecule has 2 unspecified atom stereocenters. The average Bonchev–Trinajstić information content (AvgIpc) is 3.60. The highest BCUT2D eigenvalue weighted by molar-refractivity contribution is 5.92. The highest BCUT2D eigenvalue weighted by Gasteiger charge is 2.57. The van der Waals surface area contributed by atoms with Crippen LogP contribution >= 0.6 is 0 Å². The van der Waals surface area contributed by atoms with E-state index in [1.807, 2.05) is 0 Å². The summed E-state index contributed by atoms with van der Waals surface area (Å²) in [5.74, 6) is 0. The minimum atomic E-state index is -0.492. The first kappa shape index (κ1) is 32.6. The summed E-state index contributed by atoms with van der Waals surface area (Å²) < 4.78 is 0. The van der Waals surface area contributed by atoms with Crippen LogP contribution in [0, 0.1) is 0 Å². The number of benzene rings is 7. The van der Waals surface area contributed by atoms with E-state index in [1.54, 1.807) is 0 Å². The van der Waals surface area contributed by atoms with E-state index in [4.69, 9.17) is 4.98 Å². The number of allylic oxidation sites excluding steroid dienone is 4. The van der Waals surface area contributed by atoms with E-state index < -0.39 is 10.8 Å². The first-order chi connectivity index (χ1) is 27.8. The molecule has 7 aromatic carbocycles. The number of hydrogen-bond acceptors (Lipinski definition) is 1. The number of hydrogen-bond donors (Lipinski definition) is 0. The number of pyridine rings is 1. The Hall–Kier alpha value is -6.83. The van der Waals surface area contributed by atoms with Gasteiger partial charge in [0.1, 0.15) is 0 Å². The van der Waals surface area contributed by atoms with Crippen molar-refractivity contribution in [3.05, 3.63) is 257 Å². The van der Waals surface area contributed by atoms with Gasteiger partial charge in [0, 0.05) is 11.1 Å². The predicted octanol–water partition coefficient (Wildman–Crippen LogP) is 13.4. The maximum absolute atomic E-state index is 5.17. The molecule has 0 amide bonds. The molecule has 0 saturated heterocycles. The molecule has 1 nitrogen and oxygen atoms in total. The van der Waals surface area contributed by atoms with Gasteiger partial charge < -0.3 is 0 Å². The van der Waals surface area contributed by atoms with Gasteiger partial charge in [-0.2, -0.15) is 0 Å². The summed E-state index contributed by atoms with van der Waals surface area (Å²) in [5, 5.41) is 0. The van der Waals surface area contributed by atoms with Gasteiger partial charge in [0.05, 0.1) is 22.2 Å². The minimum absolute atomic E-state index is 0.437. The highest BCUT2D eigenvalue weighted by Crippen LogP contribution is 2.66. The van der Waals surface area contributed by atoms with Crippen LogP contribution in [0.5, 0.6) is 0 Å². The van der Waals surface area contributed by atoms with Crippen LogP contribution in [0.15, 0.2) is 218 Å². The van der Waals surface area contributed by atoms with E-state index in [1.165, 1.54) is 61.2 Å². The first-order valence-corrected chi connectivity index (χ1v) is 19.8. The quantitative estimate of drug-likeness (QED) is 0.167. The number of nitrogens with zero attached hydrogens (tertiary/aromatic N) is 1. The molecule has 0 aliphatic heterocycles. The first-order valence-electron chi connectivity index (χ1n) is 19.8. The van der Waals surface area contributed by atoms with Gasteiger partial charge in [-0.15, -0.1) is 0 Å². The van der Waals surface area contributed by atoms with Gasteiger partial charge in [-0.25, -0.2) is 4.98 Å². The highest BCUT2D eigenvalue weighted by atomic mass is 14.7. The molecule has 0 bridgehead atoms. The molecule has 8 aromatic rings. The molecule has 1 aromatic heterocycles. The third-order valence-corrected chi connectivity index (χ3v) is 12.5. The van der Waals surface area contributed by atoms with Crippen LogP contribution in [0.4, 0.5) is 0 Å². The summed E-state index contributed by atoms with van der Waals surface area (Å²) in [4.78, 5) is 5.17. The summed E-state index contributed by atoms with van der Waals surface area (Å²) in [7, 11) is 0. The van der Waals surface area contributed by atoms with E-state index in [-0.39, 0.29) is 0 Å². The molecule has 1 heteroatoms. The summed E-state index contributed by atoms with van der Waals surface area (Å²) in [6, 6.07) is 71.8. The van der Waals surface area contributed by atoms with Gasteiger partial charge in [0.25, 0.3) is 0 Å². The van der Waals surface area contributed by atoms with Crippen LogP contribution in [0.1, 0.15) is 51.8 Å². The van der Waals surface area contributed by atoms with E-state index in [2.05, 4.69) is 212 Å². The zero-order chi connectivity index (χ0) is 37.1. The van der Waals surface area contributed by atoms with Crippen molar-refractivity contribution in [3.63, 3.8) is 0 Å². The van der Waals surface area contributed by atoms with Crippen LogP contribution in [-0.4, -0.2) is 4.98 Å². The van der Waals surface area contributed by atoms with Gasteiger partial charge in [-0.05, 0) is 86.2 Å². The molecule has 264 valence electrons. The summed E-state index contributed by atoms with van der Waals surface area (Å²) in [5.41, 5.74) is 19.2. The van der Waals surface area contributed by atoms with Crippen molar-refractivity contribution in [2.75, 3.05) is 0 Å². The number of fused-ring (bicyclic) bond motifs is 5. The van der Waals surface area contributed by atoms with Crippen molar-refractivity contribution < 1.29 is 0 Å². The van der Waals surface area contributed by atoms with Crippen LogP contribution in [0.2, 0.25) is 0 Å². The maximum Gasteiger partial charge on any atom is 0.0720 e. The van der Waals surface area contributed by atoms with Crippen LogP contribution in [-0.2, 0) is 10.8 Å². The van der Waals surface area contributed by atoms with E-state index >= 15 is 0 Å². The summed E-state index contributed by atoms with van der Waals surface area (Å²) in [6.07, 6.45) is 9.02. The standard InChI is InChI=1S/C55H39N/c1-5-18-39(19-6-1)51-36-41(37-52(56-51)40-20-7-2-8-21-40)38-32-34-44(35-33-38)54(42-22-9-3-10-23-42)48-29-15-16-30-49(48)55(43-24-11-4-12-25-43)47-28-14-13-26-45(47)46-27-17-31-50(54)53(46)55/h1-9,11-22,24-37H,10,23H2. The zero-order valence-corrected chi connectivity index (χ0v) is 31.1. The van der Waals surface area contributed by atoms with Crippen LogP contribution in [0.3, 0.4) is 0 Å². The molecule has 3 aliphatic rings. The van der Waals surface area contributed by atoms with Crippen molar-refractivity contribution >= 4 is 0 Å². The van der Waals surface area contributed by atoms with Crippen molar-refractivity contribution in [2.24, 2.45) is 0 Å². The second-order valence-corrected chi connectivity index (χ2v) is 15.3. The van der Waals surface area contributed by atoms with Crippen molar-refractivity contribution in [2.45, 2.75) is 23.7 Å². The molecule has 1 heterocycles. The molecule has 3 aliphatic carbocycles. The molecule has 56 heavy (non-hydrogen) atoms.